The summed E-state index contributed by atoms with van der Waals surface area (Å²) in [5, 5.41) is 20.6. The molecular weight excluding hydrogens is 614 g/mol. The molecular formula is C39H45N7O3. The van der Waals surface area contributed by atoms with Crippen LogP contribution in [0.2, 0.25) is 0 Å². The molecule has 1 saturated heterocycles. The highest BCUT2D eigenvalue weighted by Crippen LogP contribution is 2.51. The fourth-order valence-corrected chi connectivity index (χ4v) is 8.06. The number of aromatic nitrogens is 4. The summed E-state index contributed by atoms with van der Waals surface area (Å²) in [5.74, 6) is 2.34. The highest BCUT2D eigenvalue weighted by molar-refractivity contribution is 5.98. The van der Waals surface area contributed by atoms with Crippen LogP contribution in [-0.4, -0.2) is 57.7 Å². The SMILES string of the molecule is Cc1ccc(C(=O)CC2C3CNCC32)cc1-c1cccc(C[C@H](CC(=O)C2CCC(CN)CC2)C(=O)Nc2ccc(-c3nn[nH]n3)cc2)c1. The van der Waals surface area contributed by atoms with Crippen LogP contribution in [0.1, 0.15) is 60.0 Å². The van der Waals surface area contributed by atoms with E-state index in [2.05, 4.69) is 50.3 Å². The van der Waals surface area contributed by atoms with Gasteiger partial charge in [-0.3, -0.25) is 14.4 Å². The van der Waals surface area contributed by atoms with Gasteiger partial charge in [0.05, 0.1) is 0 Å². The van der Waals surface area contributed by atoms with Crippen molar-refractivity contribution in [2.24, 2.45) is 41.2 Å². The Morgan fingerprint density at radius 3 is 2.43 bits per heavy atom. The van der Waals surface area contributed by atoms with Crippen LogP contribution < -0.4 is 16.4 Å². The van der Waals surface area contributed by atoms with Crippen molar-refractivity contribution in [1.29, 1.82) is 0 Å². The maximum Gasteiger partial charge on any atom is 0.228 e. The fraction of sp³-hybridized carbons (Fsp3) is 0.436. The summed E-state index contributed by atoms with van der Waals surface area (Å²) in [4.78, 5) is 40.8. The van der Waals surface area contributed by atoms with Gasteiger partial charge in [-0.05, 0) is 140 Å². The molecule has 2 aliphatic carbocycles. The van der Waals surface area contributed by atoms with E-state index in [9.17, 15) is 14.4 Å². The third-order valence-electron chi connectivity index (χ3n) is 11.2. The molecule has 3 atom stereocenters. The zero-order valence-corrected chi connectivity index (χ0v) is 28.0. The first-order chi connectivity index (χ1) is 23.9. The van der Waals surface area contributed by atoms with Crippen LogP contribution in [-0.2, 0) is 16.0 Å². The molecule has 10 nitrogen and oxygen atoms in total. The van der Waals surface area contributed by atoms with Gasteiger partial charge in [0, 0.05) is 41.5 Å². The van der Waals surface area contributed by atoms with Crippen LogP contribution in [0.25, 0.3) is 22.5 Å². The van der Waals surface area contributed by atoms with E-state index in [0.717, 1.165) is 72.2 Å². The number of nitrogens with one attached hydrogen (secondary N) is 3. The lowest BCUT2D eigenvalue weighted by molar-refractivity contribution is -0.129. The number of hydrogen-bond donors (Lipinski definition) is 4. The predicted molar refractivity (Wildman–Crippen MR) is 188 cm³/mol. The molecule has 2 saturated carbocycles. The number of Topliss-reactive ketones (excluding diaryl/α,β-unsaturated/α-hetero) is 2. The van der Waals surface area contributed by atoms with Crippen molar-refractivity contribution < 1.29 is 14.4 Å². The van der Waals surface area contributed by atoms with Crippen molar-refractivity contribution in [2.75, 3.05) is 25.0 Å². The number of H-pyrrole nitrogens is 1. The standard InChI is InChI=1S/C39H45N7O3/c1-23-5-8-29(37(48)19-33-34-21-41-22-35(33)34)17-32(23)28-4-2-3-25(15-28)16-30(18-36(47)26-9-6-24(20-40)7-10-26)39(49)42-31-13-11-27(12-14-31)38-43-45-46-44-38/h2-5,8,11-15,17,24,26,30,33-35,41H,6-7,9-10,16,18-22,40H2,1H3,(H,42,49)(H,43,44,45,46)/t24?,26?,30-,33?,34?,35?/m1/s1. The molecule has 0 spiro atoms. The van der Waals surface area contributed by atoms with Crippen molar-refractivity contribution in [3.05, 3.63) is 83.4 Å². The molecule has 1 aromatic heterocycles. The Morgan fingerprint density at radius 2 is 1.71 bits per heavy atom. The Balaban J connectivity index is 1.08. The van der Waals surface area contributed by atoms with E-state index in [1.54, 1.807) is 12.1 Å². The van der Waals surface area contributed by atoms with Crippen LogP contribution in [0.3, 0.4) is 0 Å². The first kappa shape index (κ1) is 33.0. The van der Waals surface area contributed by atoms with Gasteiger partial charge in [0.2, 0.25) is 11.7 Å². The number of ketones is 2. The molecule has 0 radical (unpaired) electrons. The molecule has 2 unspecified atom stereocenters. The number of nitrogens with two attached hydrogens (primary N) is 1. The van der Waals surface area contributed by atoms with Crippen LogP contribution in [0.4, 0.5) is 5.69 Å². The summed E-state index contributed by atoms with van der Waals surface area (Å²) in [5.41, 5.74) is 12.1. The molecule has 49 heavy (non-hydrogen) atoms. The Hall–Kier alpha value is -4.54. The molecule has 4 aromatic rings. The average molecular weight is 660 g/mol. The van der Waals surface area contributed by atoms with Gasteiger partial charge in [0.1, 0.15) is 5.78 Å². The highest BCUT2D eigenvalue weighted by atomic mass is 16.2. The Kier molecular flexibility index (Phi) is 9.77. The molecule has 1 amide bonds. The van der Waals surface area contributed by atoms with Gasteiger partial charge < -0.3 is 16.4 Å². The molecule has 10 heteroatoms. The number of piperidine rings is 1. The number of nitrogens with zero attached hydrogens (tertiary/aromatic N) is 3. The fourth-order valence-electron chi connectivity index (χ4n) is 8.06. The number of amides is 1. The van der Waals surface area contributed by atoms with E-state index in [0.29, 0.717) is 54.6 Å². The Bertz CT molecular complexity index is 1790. The number of rotatable bonds is 13. The number of hydrogen-bond acceptors (Lipinski definition) is 8. The molecule has 1 aliphatic heterocycles. The van der Waals surface area contributed by atoms with Gasteiger partial charge in [-0.25, -0.2) is 0 Å². The second-order valence-corrected chi connectivity index (χ2v) is 14.3. The Labute approximate surface area is 287 Å². The molecule has 5 N–H and O–H groups in total. The summed E-state index contributed by atoms with van der Waals surface area (Å²) < 4.78 is 0. The maximum atomic E-state index is 13.9. The van der Waals surface area contributed by atoms with Crippen LogP contribution in [0.5, 0.6) is 0 Å². The number of carbonyl (C=O) groups is 3. The monoisotopic (exact) mass is 659 g/mol. The second-order valence-electron chi connectivity index (χ2n) is 14.3. The summed E-state index contributed by atoms with van der Waals surface area (Å²) in [7, 11) is 0. The molecule has 3 fully saturated rings. The normalized spacial score (nSPS) is 23.4. The minimum Gasteiger partial charge on any atom is -0.330 e. The van der Waals surface area contributed by atoms with E-state index >= 15 is 0 Å². The van der Waals surface area contributed by atoms with Crippen LogP contribution >= 0.6 is 0 Å². The first-order valence-electron chi connectivity index (χ1n) is 17.7. The third-order valence-corrected chi connectivity index (χ3v) is 11.2. The topological polar surface area (TPSA) is 156 Å². The molecule has 0 bridgehead atoms. The summed E-state index contributed by atoms with van der Waals surface area (Å²) >= 11 is 0. The van der Waals surface area contributed by atoms with Gasteiger partial charge in [-0.15, -0.1) is 10.2 Å². The Morgan fingerprint density at radius 1 is 0.939 bits per heavy atom. The second kappa shape index (κ2) is 14.5. The number of fused-ring (bicyclic) bond motifs is 1. The molecule has 3 aliphatic rings. The van der Waals surface area contributed by atoms with Gasteiger partial charge in [0.15, 0.2) is 5.78 Å². The molecule has 2 heterocycles. The summed E-state index contributed by atoms with van der Waals surface area (Å²) in [6.45, 7) is 4.78. The number of aromatic amines is 1. The molecule has 254 valence electrons. The third kappa shape index (κ3) is 7.55. The van der Waals surface area contributed by atoms with Crippen molar-refractivity contribution >= 4 is 23.2 Å². The van der Waals surface area contributed by atoms with Crippen molar-refractivity contribution in [3.63, 3.8) is 0 Å². The lowest BCUT2D eigenvalue weighted by atomic mass is 9.77. The largest absolute Gasteiger partial charge is 0.330 e. The maximum absolute atomic E-state index is 13.9. The van der Waals surface area contributed by atoms with Gasteiger partial charge in [-0.2, -0.15) is 5.21 Å². The van der Waals surface area contributed by atoms with Crippen LogP contribution in [0.15, 0.2) is 66.7 Å². The lowest BCUT2D eigenvalue weighted by Gasteiger charge is -2.27. The van der Waals surface area contributed by atoms with E-state index in [1.165, 1.54) is 0 Å². The number of tetrazole rings is 1. The smallest absolute Gasteiger partial charge is 0.228 e. The van der Waals surface area contributed by atoms with E-state index in [4.69, 9.17) is 5.73 Å². The zero-order valence-electron chi connectivity index (χ0n) is 28.0. The minimum atomic E-state index is -0.548. The zero-order chi connectivity index (χ0) is 33.9. The summed E-state index contributed by atoms with van der Waals surface area (Å²) in [6.07, 6.45) is 4.77. The quantitative estimate of drug-likeness (QED) is 0.139. The van der Waals surface area contributed by atoms with Gasteiger partial charge in [0.25, 0.3) is 0 Å². The number of carbonyl (C=O) groups excluding carboxylic acids is 3. The number of anilines is 1. The van der Waals surface area contributed by atoms with Crippen molar-refractivity contribution in [1.82, 2.24) is 25.9 Å². The van der Waals surface area contributed by atoms with Crippen molar-refractivity contribution in [2.45, 2.75) is 51.9 Å². The van der Waals surface area contributed by atoms with E-state index in [1.807, 2.05) is 42.5 Å². The molecule has 7 rings (SSSR count). The van der Waals surface area contributed by atoms with Crippen LogP contribution in [0, 0.1) is 42.4 Å². The lowest BCUT2D eigenvalue weighted by Crippen LogP contribution is -2.31. The van der Waals surface area contributed by atoms with Crippen molar-refractivity contribution in [3.8, 4) is 22.5 Å². The average Bonchev–Trinajstić information content (AvgIpc) is 3.52. The number of aryl methyl sites for hydroxylation is 1. The highest BCUT2D eigenvalue weighted by Gasteiger charge is 2.53. The summed E-state index contributed by atoms with van der Waals surface area (Å²) in [6, 6.07) is 21.4. The van der Waals surface area contributed by atoms with E-state index < -0.39 is 5.92 Å². The minimum absolute atomic E-state index is 0.0342. The van der Waals surface area contributed by atoms with Gasteiger partial charge >= 0.3 is 0 Å². The number of benzene rings is 3. The predicted octanol–water partition coefficient (Wildman–Crippen LogP) is 5.40. The first-order valence-corrected chi connectivity index (χ1v) is 17.7. The van der Waals surface area contributed by atoms with E-state index in [-0.39, 0.29) is 29.8 Å². The van der Waals surface area contributed by atoms with Gasteiger partial charge in [-0.1, -0.05) is 36.4 Å². The molecule has 3 aromatic carbocycles.